The van der Waals surface area contributed by atoms with Gasteiger partial charge in [-0.15, -0.1) is 0 Å². The van der Waals surface area contributed by atoms with Crippen molar-refractivity contribution in [3.8, 4) is 0 Å². The van der Waals surface area contributed by atoms with E-state index >= 15 is 0 Å². The van der Waals surface area contributed by atoms with Crippen LogP contribution >= 0.6 is 0 Å². The van der Waals surface area contributed by atoms with Gasteiger partial charge in [0, 0.05) is 32.7 Å². The van der Waals surface area contributed by atoms with Crippen molar-refractivity contribution in [1.82, 2.24) is 10.2 Å². The summed E-state index contributed by atoms with van der Waals surface area (Å²) in [6, 6.07) is 0. The molecule has 1 fully saturated rings. The van der Waals surface area contributed by atoms with Crippen LogP contribution in [0, 0.1) is 5.92 Å². The summed E-state index contributed by atoms with van der Waals surface area (Å²) in [6.45, 7) is 3.64. The summed E-state index contributed by atoms with van der Waals surface area (Å²) in [5.74, 6) is -0.244. The van der Waals surface area contributed by atoms with Gasteiger partial charge in [0.05, 0.1) is 5.92 Å². The Morgan fingerprint density at radius 2 is 2.40 bits per heavy atom. The molecule has 1 aliphatic rings. The highest BCUT2D eigenvalue weighted by molar-refractivity contribution is 5.89. The molecule has 1 aliphatic heterocycles. The lowest BCUT2D eigenvalue weighted by molar-refractivity contribution is -0.135. The fourth-order valence-electron chi connectivity index (χ4n) is 1.72. The summed E-state index contributed by atoms with van der Waals surface area (Å²) in [5.41, 5.74) is 0. The monoisotopic (exact) mass is 214 g/mol. The summed E-state index contributed by atoms with van der Waals surface area (Å²) in [6.07, 6.45) is 0.891. The molecule has 1 rings (SSSR count). The van der Waals surface area contributed by atoms with Gasteiger partial charge in [0.2, 0.25) is 11.8 Å². The molecule has 1 atom stereocenters. The lowest BCUT2D eigenvalue weighted by Gasteiger charge is -2.23. The van der Waals surface area contributed by atoms with E-state index in [1.807, 2.05) is 6.92 Å². The lowest BCUT2D eigenvalue weighted by atomic mass is 10.1. The van der Waals surface area contributed by atoms with Crippen LogP contribution in [0.2, 0.25) is 0 Å². The van der Waals surface area contributed by atoms with E-state index < -0.39 is 0 Å². The van der Waals surface area contributed by atoms with E-state index in [-0.39, 0.29) is 24.3 Å². The zero-order valence-corrected chi connectivity index (χ0v) is 9.03. The first-order chi connectivity index (χ1) is 7.19. The first-order valence-corrected chi connectivity index (χ1v) is 5.35. The molecular formula is C10H18N2O3. The Balaban J connectivity index is 2.45. The standard InChI is InChI=1S/C10H18N2O3/c1-2-12(4-3-5-13)10(15)8-6-9(14)11-7-8/h8,13H,2-7H2,1H3,(H,11,14). The quantitative estimate of drug-likeness (QED) is 0.639. The fraction of sp³-hybridized carbons (Fsp3) is 0.800. The predicted molar refractivity (Wildman–Crippen MR) is 55.1 cm³/mol. The van der Waals surface area contributed by atoms with Gasteiger partial charge in [-0.1, -0.05) is 0 Å². The van der Waals surface area contributed by atoms with Crippen LogP contribution in [0.3, 0.4) is 0 Å². The van der Waals surface area contributed by atoms with E-state index in [9.17, 15) is 9.59 Å². The topological polar surface area (TPSA) is 69.6 Å². The van der Waals surface area contributed by atoms with Crippen LogP contribution in [0.5, 0.6) is 0 Å². The van der Waals surface area contributed by atoms with Gasteiger partial charge in [-0.3, -0.25) is 9.59 Å². The number of rotatable bonds is 5. The van der Waals surface area contributed by atoms with Crippen molar-refractivity contribution in [3.63, 3.8) is 0 Å². The van der Waals surface area contributed by atoms with Crippen LogP contribution in [0.15, 0.2) is 0 Å². The minimum atomic E-state index is -0.212. The molecule has 86 valence electrons. The van der Waals surface area contributed by atoms with Gasteiger partial charge in [0.15, 0.2) is 0 Å². The first kappa shape index (κ1) is 12.0. The molecule has 1 heterocycles. The number of aliphatic hydroxyl groups excluding tert-OH is 1. The number of nitrogens with one attached hydrogen (secondary N) is 1. The van der Waals surface area contributed by atoms with Crippen LogP contribution in [-0.2, 0) is 9.59 Å². The molecule has 1 saturated heterocycles. The van der Waals surface area contributed by atoms with Crippen LogP contribution in [0.25, 0.3) is 0 Å². The minimum Gasteiger partial charge on any atom is -0.396 e. The van der Waals surface area contributed by atoms with Gasteiger partial charge in [-0.05, 0) is 13.3 Å². The van der Waals surface area contributed by atoms with Crippen molar-refractivity contribution in [2.75, 3.05) is 26.2 Å². The maximum atomic E-state index is 11.9. The van der Waals surface area contributed by atoms with Crippen LogP contribution in [0.1, 0.15) is 19.8 Å². The number of nitrogens with zero attached hydrogens (tertiary/aromatic N) is 1. The zero-order chi connectivity index (χ0) is 11.3. The van der Waals surface area contributed by atoms with Crippen molar-refractivity contribution < 1.29 is 14.7 Å². The third-order valence-corrected chi connectivity index (χ3v) is 2.61. The van der Waals surface area contributed by atoms with Gasteiger partial charge in [0.25, 0.3) is 0 Å². The maximum absolute atomic E-state index is 11.9. The smallest absolute Gasteiger partial charge is 0.227 e. The van der Waals surface area contributed by atoms with Crippen LogP contribution in [0.4, 0.5) is 0 Å². The molecule has 0 saturated carbocycles. The van der Waals surface area contributed by atoms with Crippen molar-refractivity contribution in [2.45, 2.75) is 19.8 Å². The second kappa shape index (κ2) is 5.70. The summed E-state index contributed by atoms with van der Waals surface area (Å²) < 4.78 is 0. The normalized spacial score (nSPS) is 20.1. The number of amides is 2. The van der Waals surface area contributed by atoms with E-state index in [4.69, 9.17) is 5.11 Å². The van der Waals surface area contributed by atoms with Gasteiger partial charge < -0.3 is 15.3 Å². The van der Waals surface area contributed by atoms with E-state index in [1.54, 1.807) is 4.90 Å². The largest absolute Gasteiger partial charge is 0.396 e. The highest BCUT2D eigenvalue weighted by atomic mass is 16.3. The van der Waals surface area contributed by atoms with E-state index in [1.165, 1.54) is 0 Å². The van der Waals surface area contributed by atoms with Crippen LogP contribution in [-0.4, -0.2) is 48.1 Å². The molecule has 2 amide bonds. The molecule has 5 nitrogen and oxygen atoms in total. The molecule has 1 unspecified atom stereocenters. The van der Waals surface area contributed by atoms with E-state index in [0.29, 0.717) is 32.5 Å². The molecular weight excluding hydrogens is 196 g/mol. The minimum absolute atomic E-state index is 0.0179. The highest BCUT2D eigenvalue weighted by Gasteiger charge is 2.30. The number of aliphatic hydroxyl groups is 1. The molecule has 0 radical (unpaired) electrons. The number of carbonyl (C=O) groups is 2. The van der Waals surface area contributed by atoms with Gasteiger partial charge in [0.1, 0.15) is 0 Å². The van der Waals surface area contributed by atoms with E-state index in [2.05, 4.69) is 5.32 Å². The fourth-order valence-corrected chi connectivity index (χ4v) is 1.72. The molecule has 5 heteroatoms. The summed E-state index contributed by atoms with van der Waals surface area (Å²) in [5, 5.41) is 11.3. The van der Waals surface area contributed by atoms with Crippen molar-refractivity contribution in [2.24, 2.45) is 5.92 Å². The van der Waals surface area contributed by atoms with Crippen LogP contribution < -0.4 is 5.32 Å². The third-order valence-electron chi connectivity index (χ3n) is 2.61. The third kappa shape index (κ3) is 3.20. The number of hydrogen-bond acceptors (Lipinski definition) is 3. The Hall–Kier alpha value is -1.10. The highest BCUT2D eigenvalue weighted by Crippen LogP contribution is 2.12. The Kier molecular flexibility index (Phi) is 4.55. The molecule has 0 aliphatic carbocycles. The lowest BCUT2D eigenvalue weighted by Crippen LogP contribution is -2.37. The van der Waals surface area contributed by atoms with Gasteiger partial charge in [-0.2, -0.15) is 0 Å². The number of carbonyl (C=O) groups excluding carboxylic acids is 2. The number of hydrogen-bond donors (Lipinski definition) is 2. The molecule has 0 aromatic carbocycles. The van der Waals surface area contributed by atoms with Gasteiger partial charge in [-0.25, -0.2) is 0 Å². The van der Waals surface area contributed by atoms with Crippen molar-refractivity contribution >= 4 is 11.8 Å². The second-order valence-electron chi connectivity index (χ2n) is 3.70. The molecule has 0 aromatic heterocycles. The Labute approximate surface area is 89.4 Å². The molecule has 2 N–H and O–H groups in total. The first-order valence-electron chi connectivity index (χ1n) is 5.35. The van der Waals surface area contributed by atoms with Gasteiger partial charge >= 0.3 is 0 Å². The molecule has 0 spiro atoms. The SMILES string of the molecule is CCN(CCCO)C(=O)C1CNC(=O)C1. The van der Waals surface area contributed by atoms with Crippen molar-refractivity contribution in [3.05, 3.63) is 0 Å². The second-order valence-corrected chi connectivity index (χ2v) is 3.70. The summed E-state index contributed by atoms with van der Waals surface area (Å²) in [4.78, 5) is 24.5. The molecule has 0 aromatic rings. The predicted octanol–water partition coefficient (Wildman–Crippen LogP) is -0.647. The van der Waals surface area contributed by atoms with Crippen molar-refractivity contribution in [1.29, 1.82) is 0 Å². The average Bonchev–Trinajstić information content (AvgIpc) is 2.65. The van der Waals surface area contributed by atoms with E-state index in [0.717, 1.165) is 0 Å². The average molecular weight is 214 g/mol. The summed E-state index contributed by atoms with van der Waals surface area (Å²) in [7, 11) is 0. The molecule has 0 bridgehead atoms. The zero-order valence-electron chi connectivity index (χ0n) is 9.03. The summed E-state index contributed by atoms with van der Waals surface area (Å²) >= 11 is 0. The Morgan fingerprint density at radius 3 is 2.87 bits per heavy atom. The Morgan fingerprint density at radius 1 is 1.67 bits per heavy atom. The Bertz CT molecular complexity index is 243. The molecule has 15 heavy (non-hydrogen) atoms. The maximum Gasteiger partial charge on any atom is 0.227 e.